The van der Waals surface area contributed by atoms with E-state index in [4.69, 9.17) is 0 Å². The Bertz CT molecular complexity index is 906. The first-order valence-electron chi connectivity index (χ1n) is 11.9. The maximum Gasteiger partial charge on any atom is 0.0942 e. The molecule has 4 nitrogen and oxygen atoms in total. The van der Waals surface area contributed by atoms with Gasteiger partial charge in [0.25, 0.3) is 0 Å². The number of aryl methyl sites for hydroxylation is 6. The van der Waals surface area contributed by atoms with E-state index in [0.29, 0.717) is 0 Å². The van der Waals surface area contributed by atoms with E-state index < -0.39 is 0 Å². The van der Waals surface area contributed by atoms with Crippen molar-refractivity contribution >= 4 is 11.4 Å². The van der Waals surface area contributed by atoms with Crippen LogP contribution in [0, 0.1) is 41.5 Å². The lowest BCUT2D eigenvalue weighted by Gasteiger charge is -2.26. The average Bonchev–Trinajstić information content (AvgIpc) is 3.34. The van der Waals surface area contributed by atoms with Crippen LogP contribution in [0.5, 0.6) is 0 Å². The van der Waals surface area contributed by atoms with Crippen molar-refractivity contribution in [2.24, 2.45) is 0 Å². The van der Waals surface area contributed by atoms with Crippen LogP contribution in [0.1, 0.15) is 46.2 Å². The fourth-order valence-electron chi connectivity index (χ4n) is 5.39. The molecule has 0 unspecified atom stereocenters. The van der Waals surface area contributed by atoms with Crippen LogP contribution < -0.4 is 9.80 Å². The molecule has 0 atom stereocenters. The molecule has 0 N–H and O–H groups in total. The third-order valence-corrected chi connectivity index (χ3v) is 6.57. The van der Waals surface area contributed by atoms with Crippen molar-refractivity contribution in [3.63, 3.8) is 0 Å². The Morgan fingerprint density at radius 3 is 1.22 bits per heavy atom. The zero-order valence-corrected chi connectivity index (χ0v) is 20.7. The van der Waals surface area contributed by atoms with E-state index in [9.17, 15) is 0 Å². The SMILES string of the molecule is Cc1cc(C)c(N2C=CN(CCCCN3C=CN(c4c(C)cc(C)cc4C)C3)C2)c(C)c1. The van der Waals surface area contributed by atoms with Crippen molar-refractivity contribution in [1.82, 2.24) is 9.80 Å². The van der Waals surface area contributed by atoms with Crippen LogP contribution >= 0.6 is 0 Å². The molecule has 0 bridgehead atoms. The van der Waals surface area contributed by atoms with Gasteiger partial charge < -0.3 is 19.6 Å². The zero-order valence-electron chi connectivity index (χ0n) is 20.7. The van der Waals surface area contributed by atoms with Gasteiger partial charge in [0.1, 0.15) is 0 Å². The van der Waals surface area contributed by atoms with Crippen LogP contribution in [0.4, 0.5) is 11.4 Å². The molecule has 0 aromatic heterocycles. The Morgan fingerprint density at radius 2 is 0.875 bits per heavy atom. The van der Waals surface area contributed by atoms with Crippen LogP contribution in [0.3, 0.4) is 0 Å². The molecule has 2 aromatic rings. The molecule has 0 aliphatic carbocycles. The Labute approximate surface area is 194 Å². The van der Waals surface area contributed by atoms with E-state index in [1.165, 1.54) is 57.6 Å². The third-order valence-electron chi connectivity index (χ3n) is 6.57. The van der Waals surface area contributed by atoms with E-state index in [1.54, 1.807) is 0 Å². The summed E-state index contributed by atoms with van der Waals surface area (Å²) in [5.41, 5.74) is 10.8. The summed E-state index contributed by atoms with van der Waals surface area (Å²) >= 11 is 0. The molecule has 0 radical (unpaired) electrons. The van der Waals surface area contributed by atoms with Crippen molar-refractivity contribution in [3.05, 3.63) is 82.4 Å². The van der Waals surface area contributed by atoms with E-state index in [-0.39, 0.29) is 0 Å². The second-order valence-corrected chi connectivity index (χ2v) is 9.65. The van der Waals surface area contributed by atoms with Gasteiger partial charge in [-0.2, -0.15) is 0 Å². The predicted octanol–water partition coefficient (Wildman–Crippen LogP) is 6.12. The maximum absolute atomic E-state index is 2.43. The highest BCUT2D eigenvalue weighted by molar-refractivity contribution is 5.63. The Morgan fingerprint density at radius 1 is 0.531 bits per heavy atom. The molecule has 2 aliphatic rings. The van der Waals surface area contributed by atoms with Gasteiger partial charge in [0.05, 0.1) is 13.3 Å². The predicted molar refractivity (Wildman–Crippen MR) is 137 cm³/mol. The zero-order chi connectivity index (χ0) is 22.8. The van der Waals surface area contributed by atoms with Crippen LogP contribution in [-0.4, -0.2) is 36.2 Å². The average molecular weight is 431 g/mol. The lowest BCUT2D eigenvalue weighted by Crippen LogP contribution is -2.28. The molecular formula is C28H38N4. The van der Waals surface area contributed by atoms with E-state index >= 15 is 0 Å². The van der Waals surface area contributed by atoms with Crippen molar-refractivity contribution in [3.8, 4) is 0 Å². The normalized spacial score (nSPS) is 15.6. The summed E-state index contributed by atoms with van der Waals surface area (Å²) in [6.07, 6.45) is 11.4. The minimum atomic E-state index is 0.952. The van der Waals surface area contributed by atoms with Gasteiger partial charge in [-0.25, -0.2) is 0 Å². The highest BCUT2D eigenvalue weighted by Gasteiger charge is 2.19. The smallest absolute Gasteiger partial charge is 0.0942 e. The molecule has 32 heavy (non-hydrogen) atoms. The molecule has 0 fully saturated rings. The number of anilines is 2. The molecule has 0 saturated carbocycles. The van der Waals surface area contributed by atoms with Crippen LogP contribution in [-0.2, 0) is 0 Å². The first-order valence-corrected chi connectivity index (χ1v) is 11.9. The van der Waals surface area contributed by atoms with E-state index in [1.807, 2.05) is 0 Å². The monoisotopic (exact) mass is 430 g/mol. The number of hydrogen-bond donors (Lipinski definition) is 0. The maximum atomic E-state index is 2.43. The van der Waals surface area contributed by atoms with Gasteiger partial charge in [-0.1, -0.05) is 35.4 Å². The molecular weight excluding hydrogens is 392 g/mol. The summed E-state index contributed by atoms with van der Waals surface area (Å²) in [6.45, 7) is 17.3. The van der Waals surface area contributed by atoms with Crippen LogP contribution in [0.15, 0.2) is 49.1 Å². The molecule has 4 rings (SSSR count). The number of benzene rings is 2. The molecule has 2 aromatic carbocycles. The van der Waals surface area contributed by atoms with Gasteiger partial charge >= 0.3 is 0 Å². The molecule has 2 aliphatic heterocycles. The largest absolute Gasteiger partial charge is 0.358 e. The summed E-state index contributed by atoms with van der Waals surface area (Å²) in [5, 5.41) is 0. The van der Waals surface area contributed by atoms with Crippen molar-refractivity contribution in [2.75, 3.05) is 36.2 Å². The van der Waals surface area contributed by atoms with Crippen LogP contribution in [0.2, 0.25) is 0 Å². The standard InChI is InChI=1S/C28H38N4/c1-21-15-23(3)27(24(4)16-21)31-13-11-29(19-31)9-7-8-10-30-12-14-32(20-30)28-25(5)17-22(2)18-26(28)6/h11-18H,7-10,19-20H2,1-6H3. The number of rotatable bonds is 7. The first-order chi connectivity index (χ1) is 15.3. The quantitative estimate of drug-likeness (QED) is 0.491. The van der Waals surface area contributed by atoms with E-state index in [2.05, 4.69) is 110 Å². The van der Waals surface area contributed by atoms with Gasteiger partial charge in [0, 0.05) is 49.3 Å². The number of nitrogens with zero attached hydrogens (tertiary/aromatic N) is 4. The minimum absolute atomic E-state index is 0.952. The highest BCUT2D eigenvalue weighted by Crippen LogP contribution is 2.30. The lowest BCUT2D eigenvalue weighted by molar-refractivity contribution is 0.354. The molecule has 0 saturated heterocycles. The lowest BCUT2D eigenvalue weighted by atomic mass is 10.0. The summed E-state index contributed by atoms with van der Waals surface area (Å²) in [7, 11) is 0. The third kappa shape index (κ3) is 4.79. The Hall–Kier alpha value is -2.88. The summed E-state index contributed by atoms with van der Waals surface area (Å²) in [4.78, 5) is 9.64. The first kappa shape index (κ1) is 22.3. The van der Waals surface area contributed by atoms with E-state index in [0.717, 1.165) is 26.4 Å². The van der Waals surface area contributed by atoms with Crippen LogP contribution in [0.25, 0.3) is 0 Å². The van der Waals surface area contributed by atoms with Crippen molar-refractivity contribution in [1.29, 1.82) is 0 Å². The summed E-state index contributed by atoms with van der Waals surface area (Å²) in [6, 6.07) is 9.13. The second-order valence-electron chi connectivity index (χ2n) is 9.65. The number of unbranched alkanes of at least 4 members (excludes halogenated alkanes) is 1. The van der Waals surface area contributed by atoms with Gasteiger partial charge in [0.2, 0.25) is 0 Å². The van der Waals surface area contributed by atoms with Gasteiger partial charge in [-0.3, -0.25) is 0 Å². The molecule has 0 amide bonds. The molecule has 0 spiro atoms. The molecule has 4 heteroatoms. The van der Waals surface area contributed by atoms with Crippen molar-refractivity contribution < 1.29 is 0 Å². The minimum Gasteiger partial charge on any atom is -0.358 e. The van der Waals surface area contributed by atoms with Gasteiger partial charge in [-0.05, 0) is 76.6 Å². The molecule has 2 heterocycles. The van der Waals surface area contributed by atoms with Gasteiger partial charge in [0.15, 0.2) is 0 Å². The van der Waals surface area contributed by atoms with Gasteiger partial charge in [-0.15, -0.1) is 0 Å². The highest BCUT2D eigenvalue weighted by atomic mass is 15.3. The second kappa shape index (κ2) is 9.32. The summed E-state index contributed by atoms with van der Waals surface area (Å²) in [5.74, 6) is 0. The fraction of sp³-hybridized carbons (Fsp3) is 0.429. The Kier molecular flexibility index (Phi) is 6.50. The fourth-order valence-corrected chi connectivity index (χ4v) is 5.39. The topological polar surface area (TPSA) is 13.0 Å². The molecule has 170 valence electrons. The summed E-state index contributed by atoms with van der Waals surface area (Å²) < 4.78 is 0. The number of hydrogen-bond acceptors (Lipinski definition) is 4. The Balaban J connectivity index is 1.22. The van der Waals surface area contributed by atoms with Crippen molar-refractivity contribution in [2.45, 2.75) is 54.4 Å².